The molecule has 3 aromatic rings. The first-order chi connectivity index (χ1) is 15.7. The van der Waals surface area contributed by atoms with Gasteiger partial charge in [-0.1, -0.05) is 35.9 Å². The van der Waals surface area contributed by atoms with Gasteiger partial charge in [0.25, 0.3) is 0 Å². The summed E-state index contributed by atoms with van der Waals surface area (Å²) in [5, 5.41) is 9.25. The van der Waals surface area contributed by atoms with Gasteiger partial charge in [-0.25, -0.2) is 9.78 Å². The van der Waals surface area contributed by atoms with Crippen LogP contribution in [0.15, 0.2) is 48.0 Å². The number of likely N-dealkylation sites (tertiary alicyclic amines) is 1. The Morgan fingerprint density at radius 3 is 2.73 bits per heavy atom. The minimum Gasteiger partial charge on any atom is -0.475 e. The van der Waals surface area contributed by atoms with Gasteiger partial charge in [-0.05, 0) is 30.4 Å². The number of aromatic nitrogens is 2. The van der Waals surface area contributed by atoms with Gasteiger partial charge in [0.05, 0.1) is 23.3 Å². The minimum absolute atomic E-state index is 0.0798. The molecule has 5 rings (SSSR count). The summed E-state index contributed by atoms with van der Waals surface area (Å²) in [5.74, 6) is -1.70. The molecule has 0 aliphatic carbocycles. The summed E-state index contributed by atoms with van der Waals surface area (Å²) < 4.78 is 40.5. The standard InChI is InChI=1S/C21H23N3OS.C2HF3O2/c1-16-4-2-5-17(10-16)12-23-8-7-21(14-23)15-24-18(19-6-3-9-26-19)11-22-20(24)13-25-21;3-2(4,5)1(6)7/h2-6,9-11H,7-8,12-15H2,1H3;(H,6,7). The van der Waals surface area contributed by atoms with Crippen molar-refractivity contribution < 1.29 is 27.8 Å². The molecule has 1 aromatic carbocycles. The number of benzene rings is 1. The SMILES string of the molecule is Cc1cccc(CN2CCC3(C2)Cn2c(-c4cccs4)cnc2CO3)c1.O=C(O)C(F)(F)F. The molecule has 0 saturated carbocycles. The molecule has 10 heteroatoms. The monoisotopic (exact) mass is 479 g/mol. The number of carbonyl (C=O) groups is 1. The molecule has 4 heterocycles. The van der Waals surface area contributed by atoms with Crippen LogP contribution in [0.1, 0.15) is 23.4 Å². The summed E-state index contributed by atoms with van der Waals surface area (Å²) >= 11 is 1.78. The zero-order valence-corrected chi connectivity index (χ0v) is 18.8. The normalized spacial score (nSPS) is 20.4. The van der Waals surface area contributed by atoms with E-state index in [4.69, 9.17) is 14.6 Å². The number of carboxylic acid groups (broad SMARTS) is 1. The lowest BCUT2D eigenvalue weighted by atomic mass is 10.0. The maximum Gasteiger partial charge on any atom is 0.490 e. The van der Waals surface area contributed by atoms with Crippen LogP contribution >= 0.6 is 11.3 Å². The highest BCUT2D eigenvalue weighted by Crippen LogP contribution is 2.36. The molecule has 1 saturated heterocycles. The van der Waals surface area contributed by atoms with Crippen molar-refractivity contribution in [2.75, 3.05) is 13.1 Å². The second kappa shape index (κ2) is 9.28. The Balaban J connectivity index is 0.000000325. The molecule has 176 valence electrons. The number of aryl methyl sites for hydroxylation is 1. The van der Waals surface area contributed by atoms with Gasteiger partial charge in [-0.3, -0.25) is 4.90 Å². The Kier molecular flexibility index (Phi) is 6.60. The molecular formula is C23H24F3N3O3S. The summed E-state index contributed by atoms with van der Waals surface area (Å²) in [6.45, 7) is 6.76. The van der Waals surface area contributed by atoms with Crippen molar-refractivity contribution in [2.24, 2.45) is 0 Å². The number of carboxylic acids is 1. The fourth-order valence-electron chi connectivity index (χ4n) is 4.26. The molecule has 2 aliphatic heterocycles. The molecule has 0 radical (unpaired) electrons. The second-order valence-electron chi connectivity index (χ2n) is 8.35. The highest BCUT2D eigenvalue weighted by molar-refractivity contribution is 7.13. The van der Waals surface area contributed by atoms with Gasteiger partial charge in [0.2, 0.25) is 0 Å². The summed E-state index contributed by atoms with van der Waals surface area (Å²) in [6, 6.07) is 13.1. The van der Waals surface area contributed by atoms with Crippen LogP contribution in [0.2, 0.25) is 0 Å². The highest BCUT2D eigenvalue weighted by atomic mass is 32.1. The van der Waals surface area contributed by atoms with Gasteiger partial charge >= 0.3 is 12.1 Å². The molecular weight excluding hydrogens is 455 g/mol. The predicted octanol–water partition coefficient (Wildman–Crippen LogP) is 4.73. The van der Waals surface area contributed by atoms with Crippen LogP contribution in [0.3, 0.4) is 0 Å². The van der Waals surface area contributed by atoms with E-state index in [-0.39, 0.29) is 5.60 Å². The fourth-order valence-corrected chi connectivity index (χ4v) is 5.00. The van der Waals surface area contributed by atoms with Crippen molar-refractivity contribution >= 4 is 17.3 Å². The number of imidazole rings is 1. The van der Waals surface area contributed by atoms with Crippen molar-refractivity contribution in [1.82, 2.24) is 14.5 Å². The van der Waals surface area contributed by atoms with Crippen LogP contribution in [0, 0.1) is 6.92 Å². The van der Waals surface area contributed by atoms with E-state index in [2.05, 4.69) is 63.2 Å². The van der Waals surface area contributed by atoms with Crippen LogP contribution in [-0.4, -0.2) is 50.4 Å². The average molecular weight is 480 g/mol. The number of ether oxygens (including phenoxy) is 1. The fraction of sp³-hybridized carbons (Fsp3) is 0.391. The first-order valence-electron chi connectivity index (χ1n) is 10.5. The largest absolute Gasteiger partial charge is 0.490 e. The quantitative estimate of drug-likeness (QED) is 0.589. The number of aliphatic carboxylic acids is 1. The Morgan fingerprint density at radius 1 is 1.27 bits per heavy atom. The van der Waals surface area contributed by atoms with E-state index in [1.807, 2.05) is 6.20 Å². The summed E-state index contributed by atoms with van der Waals surface area (Å²) in [6.07, 6.45) is -2.00. The first-order valence-corrected chi connectivity index (χ1v) is 11.3. The Hall–Kier alpha value is -2.69. The van der Waals surface area contributed by atoms with Crippen molar-refractivity contribution in [1.29, 1.82) is 0 Å². The summed E-state index contributed by atoms with van der Waals surface area (Å²) in [5.41, 5.74) is 3.87. The zero-order chi connectivity index (χ0) is 23.6. The van der Waals surface area contributed by atoms with Crippen molar-refractivity contribution in [2.45, 2.75) is 44.8 Å². The van der Waals surface area contributed by atoms with Gasteiger partial charge in [-0.15, -0.1) is 11.3 Å². The van der Waals surface area contributed by atoms with E-state index in [1.165, 1.54) is 21.7 Å². The Bertz CT molecular complexity index is 1110. The Morgan fingerprint density at radius 2 is 2.06 bits per heavy atom. The Labute approximate surface area is 193 Å². The number of thiophene rings is 1. The number of hydrogen-bond donors (Lipinski definition) is 1. The van der Waals surface area contributed by atoms with E-state index in [0.717, 1.165) is 38.4 Å². The number of fused-ring (bicyclic) bond motifs is 1. The van der Waals surface area contributed by atoms with Gasteiger partial charge < -0.3 is 14.4 Å². The molecule has 2 aliphatic rings. The van der Waals surface area contributed by atoms with Crippen LogP contribution in [0.4, 0.5) is 13.2 Å². The number of halogens is 3. The lowest BCUT2D eigenvalue weighted by molar-refractivity contribution is -0.192. The maximum atomic E-state index is 10.6. The van der Waals surface area contributed by atoms with Gasteiger partial charge in [0, 0.05) is 19.6 Å². The number of alkyl halides is 3. The molecule has 33 heavy (non-hydrogen) atoms. The molecule has 0 amide bonds. The molecule has 0 bridgehead atoms. The van der Waals surface area contributed by atoms with E-state index in [1.54, 1.807) is 11.3 Å². The lowest BCUT2D eigenvalue weighted by Gasteiger charge is -2.35. The maximum absolute atomic E-state index is 10.6. The van der Waals surface area contributed by atoms with Gasteiger partial charge in [0.1, 0.15) is 18.0 Å². The van der Waals surface area contributed by atoms with Crippen molar-refractivity contribution in [3.8, 4) is 10.6 Å². The molecule has 1 atom stereocenters. The number of nitrogens with zero attached hydrogens (tertiary/aromatic N) is 3. The summed E-state index contributed by atoms with van der Waals surface area (Å²) in [4.78, 5) is 17.3. The molecule has 1 fully saturated rings. The molecule has 6 nitrogen and oxygen atoms in total. The molecule has 1 unspecified atom stereocenters. The predicted molar refractivity (Wildman–Crippen MR) is 118 cm³/mol. The topological polar surface area (TPSA) is 67.6 Å². The zero-order valence-electron chi connectivity index (χ0n) is 18.0. The van der Waals surface area contributed by atoms with Crippen molar-refractivity contribution in [3.05, 3.63) is 64.9 Å². The third kappa shape index (κ3) is 5.45. The summed E-state index contributed by atoms with van der Waals surface area (Å²) in [7, 11) is 0. The van der Waals surface area contributed by atoms with Crippen molar-refractivity contribution in [3.63, 3.8) is 0 Å². The van der Waals surface area contributed by atoms with E-state index in [9.17, 15) is 13.2 Å². The average Bonchev–Trinajstić information content (AvgIpc) is 3.48. The lowest BCUT2D eigenvalue weighted by Crippen LogP contribution is -2.44. The third-order valence-corrected chi connectivity index (χ3v) is 6.68. The molecule has 1 spiro atoms. The third-order valence-electron chi connectivity index (χ3n) is 5.79. The van der Waals surface area contributed by atoms with Gasteiger partial charge in [-0.2, -0.15) is 13.2 Å². The van der Waals surface area contributed by atoms with Crippen LogP contribution in [0.5, 0.6) is 0 Å². The number of rotatable bonds is 3. The van der Waals surface area contributed by atoms with Gasteiger partial charge in [0.15, 0.2) is 0 Å². The van der Waals surface area contributed by atoms with E-state index >= 15 is 0 Å². The van der Waals surface area contributed by atoms with E-state index < -0.39 is 12.1 Å². The minimum atomic E-state index is -5.08. The first kappa shape index (κ1) is 23.5. The molecule has 1 N–H and O–H groups in total. The van der Waals surface area contributed by atoms with Crippen LogP contribution in [0.25, 0.3) is 10.6 Å². The van der Waals surface area contributed by atoms with E-state index in [0.29, 0.717) is 6.61 Å². The van der Waals surface area contributed by atoms with Crippen LogP contribution in [-0.2, 0) is 29.2 Å². The van der Waals surface area contributed by atoms with Crippen LogP contribution < -0.4 is 0 Å². The second-order valence-corrected chi connectivity index (χ2v) is 9.30. The smallest absolute Gasteiger partial charge is 0.475 e. The molecule has 2 aromatic heterocycles. The highest BCUT2D eigenvalue weighted by Gasteiger charge is 2.43. The number of hydrogen-bond acceptors (Lipinski definition) is 5.